The minimum Gasteiger partial charge on any atom is -0.339 e. The van der Waals surface area contributed by atoms with E-state index in [0.29, 0.717) is 17.9 Å². The molecule has 118 valence electrons. The quantitative estimate of drug-likeness (QED) is 0.881. The van der Waals surface area contributed by atoms with Gasteiger partial charge in [0.2, 0.25) is 5.89 Å². The Bertz CT molecular complexity index is 463. The zero-order valence-corrected chi connectivity index (χ0v) is 13.2. The van der Waals surface area contributed by atoms with Gasteiger partial charge in [0.25, 0.3) is 0 Å². The minimum atomic E-state index is 0.378. The normalized spacial score (nSPS) is 31.9. The number of aromatic nitrogens is 2. The summed E-state index contributed by atoms with van der Waals surface area (Å²) in [6, 6.07) is 0.475. The number of nitrogens with two attached hydrogens (primary N) is 1. The van der Waals surface area contributed by atoms with Crippen molar-refractivity contribution >= 4 is 0 Å². The minimum absolute atomic E-state index is 0.378. The molecule has 1 aromatic heterocycles. The van der Waals surface area contributed by atoms with Gasteiger partial charge < -0.3 is 20.1 Å². The van der Waals surface area contributed by atoms with Gasteiger partial charge in [-0.15, -0.1) is 0 Å². The standard InChI is InChI=1S/C15H27N5O/c1-19-6-7-20(2)12(10-19)8-14-17-15(21-18-14)13-5-3-4-11(13)9-16/h11-13H,3-10,16H2,1-2H3. The predicted molar refractivity (Wildman–Crippen MR) is 81.1 cm³/mol. The summed E-state index contributed by atoms with van der Waals surface area (Å²) in [7, 11) is 4.35. The number of nitrogens with zero attached hydrogens (tertiary/aromatic N) is 4. The number of hydrogen-bond acceptors (Lipinski definition) is 6. The molecule has 3 rings (SSSR count). The number of hydrogen-bond donors (Lipinski definition) is 1. The highest BCUT2D eigenvalue weighted by Crippen LogP contribution is 2.38. The molecule has 1 aliphatic heterocycles. The van der Waals surface area contributed by atoms with Gasteiger partial charge in [0.05, 0.1) is 0 Å². The van der Waals surface area contributed by atoms with Crippen molar-refractivity contribution in [2.24, 2.45) is 11.7 Å². The number of likely N-dealkylation sites (N-methyl/N-ethyl adjacent to an activating group) is 2. The maximum atomic E-state index is 5.85. The fourth-order valence-corrected chi connectivity index (χ4v) is 3.68. The lowest BCUT2D eigenvalue weighted by Crippen LogP contribution is -2.50. The van der Waals surface area contributed by atoms with Gasteiger partial charge in [-0.05, 0) is 39.4 Å². The number of rotatable bonds is 4. The molecule has 2 N–H and O–H groups in total. The van der Waals surface area contributed by atoms with Gasteiger partial charge in [-0.1, -0.05) is 11.6 Å². The van der Waals surface area contributed by atoms with Crippen LogP contribution in [0.3, 0.4) is 0 Å². The Kier molecular flexibility index (Phi) is 4.57. The largest absolute Gasteiger partial charge is 0.339 e. The van der Waals surface area contributed by atoms with Crippen molar-refractivity contribution in [2.75, 3.05) is 40.3 Å². The summed E-state index contributed by atoms with van der Waals surface area (Å²) in [6.45, 7) is 4.02. The van der Waals surface area contributed by atoms with E-state index in [9.17, 15) is 0 Å². The lowest BCUT2D eigenvalue weighted by Gasteiger charge is -2.37. The van der Waals surface area contributed by atoms with E-state index in [4.69, 9.17) is 10.3 Å². The van der Waals surface area contributed by atoms with Gasteiger partial charge in [0.1, 0.15) is 0 Å². The average molecular weight is 293 g/mol. The van der Waals surface area contributed by atoms with Crippen molar-refractivity contribution in [3.63, 3.8) is 0 Å². The van der Waals surface area contributed by atoms with Crippen LogP contribution in [0.4, 0.5) is 0 Å². The second-order valence-electron chi connectivity index (χ2n) is 6.68. The van der Waals surface area contributed by atoms with Gasteiger partial charge >= 0.3 is 0 Å². The van der Waals surface area contributed by atoms with Crippen LogP contribution in [0, 0.1) is 5.92 Å². The molecule has 21 heavy (non-hydrogen) atoms. The highest BCUT2D eigenvalue weighted by atomic mass is 16.5. The number of piperazine rings is 1. The monoisotopic (exact) mass is 293 g/mol. The predicted octanol–water partition coefficient (Wildman–Crippen LogP) is 0.700. The molecule has 2 heterocycles. The van der Waals surface area contributed by atoms with Crippen LogP contribution in [-0.4, -0.2) is 66.3 Å². The molecule has 1 saturated carbocycles. The zero-order valence-electron chi connectivity index (χ0n) is 13.2. The highest BCUT2D eigenvalue weighted by molar-refractivity contribution is 5.01. The maximum Gasteiger partial charge on any atom is 0.230 e. The second-order valence-corrected chi connectivity index (χ2v) is 6.68. The molecule has 0 aromatic carbocycles. The SMILES string of the molecule is CN1CCN(C)C(Cc2noc(C3CCCC3CN)n2)C1. The zero-order chi connectivity index (χ0) is 14.8. The third-order valence-electron chi connectivity index (χ3n) is 5.16. The van der Waals surface area contributed by atoms with Crippen LogP contribution < -0.4 is 5.73 Å². The summed E-state index contributed by atoms with van der Waals surface area (Å²) in [5, 5.41) is 4.21. The first-order chi connectivity index (χ1) is 10.2. The van der Waals surface area contributed by atoms with Crippen LogP contribution in [0.1, 0.15) is 36.9 Å². The molecule has 0 bridgehead atoms. The van der Waals surface area contributed by atoms with E-state index < -0.39 is 0 Å². The van der Waals surface area contributed by atoms with Gasteiger partial charge in [0, 0.05) is 38.0 Å². The second kappa shape index (κ2) is 6.42. The van der Waals surface area contributed by atoms with Crippen LogP contribution in [-0.2, 0) is 6.42 Å². The van der Waals surface area contributed by atoms with Gasteiger partial charge in [0.15, 0.2) is 5.82 Å². The maximum absolute atomic E-state index is 5.85. The third-order valence-corrected chi connectivity index (χ3v) is 5.16. The molecule has 1 saturated heterocycles. The molecule has 1 aliphatic carbocycles. The molecule has 6 heteroatoms. The summed E-state index contributed by atoms with van der Waals surface area (Å²) in [4.78, 5) is 9.43. The summed E-state index contributed by atoms with van der Waals surface area (Å²) >= 11 is 0. The fourth-order valence-electron chi connectivity index (χ4n) is 3.68. The lowest BCUT2D eigenvalue weighted by molar-refractivity contribution is 0.113. The van der Waals surface area contributed by atoms with Crippen molar-refractivity contribution in [2.45, 2.75) is 37.6 Å². The van der Waals surface area contributed by atoms with E-state index in [0.717, 1.165) is 50.7 Å². The Hall–Kier alpha value is -0.980. The molecule has 3 unspecified atom stereocenters. The Morgan fingerprint density at radius 3 is 2.95 bits per heavy atom. The fraction of sp³-hybridized carbons (Fsp3) is 0.867. The molecular formula is C15H27N5O. The average Bonchev–Trinajstić information content (AvgIpc) is 3.10. The van der Waals surface area contributed by atoms with Gasteiger partial charge in [-0.2, -0.15) is 4.98 Å². The molecule has 2 fully saturated rings. The van der Waals surface area contributed by atoms with Crippen molar-refractivity contribution in [1.29, 1.82) is 0 Å². The van der Waals surface area contributed by atoms with Crippen LogP contribution in [0.2, 0.25) is 0 Å². The summed E-state index contributed by atoms with van der Waals surface area (Å²) in [5.41, 5.74) is 5.85. The van der Waals surface area contributed by atoms with E-state index >= 15 is 0 Å². The van der Waals surface area contributed by atoms with E-state index in [1.807, 2.05) is 0 Å². The van der Waals surface area contributed by atoms with E-state index in [-0.39, 0.29) is 0 Å². The Morgan fingerprint density at radius 1 is 1.29 bits per heavy atom. The van der Waals surface area contributed by atoms with Crippen molar-refractivity contribution < 1.29 is 4.52 Å². The van der Waals surface area contributed by atoms with Crippen LogP contribution in [0.25, 0.3) is 0 Å². The Balaban J connectivity index is 1.65. The molecule has 3 atom stereocenters. The molecule has 6 nitrogen and oxygen atoms in total. The first-order valence-electron chi connectivity index (χ1n) is 8.08. The summed E-state index contributed by atoms with van der Waals surface area (Å²) in [6.07, 6.45) is 4.41. The first kappa shape index (κ1) is 14.9. The van der Waals surface area contributed by atoms with Crippen molar-refractivity contribution in [1.82, 2.24) is 19.9 Å². The third kappa shape index (κ3) is 3.27. The topological polar surface area (TPSA) is 71.4 Å². The van der Waals surface area contributed by atoms with Crippen molar-refractivity contribution in [3.8, 4) is 0 Å². The molecule has 1 aromatic rings. The smallest absolute Gasteiger partial charge is 0.230 e. The molecule has 2 aliphatic rings. The van der Waals surface area contributed by atoms with Crippen LogP contribution in [0.15, 0.2) is 4.52 Å². The molecule has 0 radical (unpaired) electrons. The van der Waals surface area contributed by atoms with Crippen LogP contribution in [0.5, 0.6) is 0 Å². The Morgan fingerprint density at radius 2 is 2.14 bits per heavy atom. The van der Waals surface area contributed by atoms with Gasteiger partial charge in [-0.25, -0.2) is 0 Å². The summed E-state index contributed by atoms with van der Waals surface area (Å²) < 4.78 is 5.54. The van der Waals surface area contributed by atoms with E-state index in [1.165, 1.54) is 12.8 Å². The van der Waals surface area contributed by atoms with Gasteiger partial charge in [-0.3, -0.25) is 0 Å². The Labute approximate surface area is 126 Å². The lowest BCUT2D eigenvalue weighted by atomic mass is 9.96. The van der Waals surface area contributed by atoms with Crippen molar-refractivity contribution in [3.05, 3.63) is 11.7 Å². The first-order valence-corrected chi connectivity index (χ1v) is 8.08. The van der Waals surface area contributed by atoms with Crippen LogP contribution >= 0.6 is 0 Å². The highest BCUT2D eigenvalue weighted by Gasteiger charge is 2.32. The van der Waals surface area contributed by atoms with E-state index in [1.54, 1.807) is 0 Å². The van der Waals surface area contributed by atoms with E-state index in [2.05, 4.69) is 34.0 Å². The molecule has 0 amide bonds. The molecular weight excluding hydrogens is 266 g/mol. The summed E-state index contributed by atoms with van der Waals surface area (Å²) in [5.74, 6) is 2.55. The molecule has 0 spiro atoms.